The summed E-state index contributed by atoms with van der Waals surface area (Å²) in [5, 5.41) is 11.0. The Kier molecular flexibility index (Phi) is 14.7. The number of halogens is 7. The van der Waals surface area contributed by atoms with Crippen molar-refractivity contribution in [1.29, 1.82) is 0 Å². The number of carbonyl (C=O) groups is 3. The van der Waals surface area contributed by atoms with Crippen molar-refractivity contribution in [2.24, 2.45) is 11.8 Å². The number of carbonyl (C=O) groups excluding carboxylic acids is 2. The minimum absolute atomic E-state index is 0.0441. The Labute approximate surface area is 351 Å². The van der Waals surface area contributed by atoms with Gasteiger partial charge in [-0.3, -0.25) is 9.88 Å². The Bertz CT molecular complexity index is 2100. The van der Waals surface area contributed by atoms with Crippen LogP contribution in [0.25, 0.3) is 0 Å². The van der Waals surface area contributed by atoms with E-state index in [0.717, 1.165) is 50.9 Å². The number of fused-ring (bicyclic) bond motifs is 3. The fourth-order valence-corrected chi connectivity index (χ4v) is 7.37. The van der Waals surface area contributed by atoms with Gasteiger partial charge in [0.2, 0.25) is 0 Å². The number of nitrogens with zero attached hydrogens (tertiary/aromatic N) is 2. The average Bonchev–Trinajstić information content (AvgIpc) is 4.06. The number of hydrogen-bond donors (Lipinski definition) is 2. The van der Waals surface area contributed by atoms with E-state index in [9.17, 15) is 31.5 Å². The lowest BCUT2D eigenvalue weighted by Gasteiger charge is -2.44. The minimum atomic E-state index is -5.08. The number of aliphatic carboxylic acids is 1. The molecule has 18 heteroatoms. The third-order valence-corrected chi connectivity index (χ3v) is 10.9. The number of alkyl halides is 5. The summed E-state index contributed by atoms with van der Waals surface area (Å²) < 4.78 is 81.2. The SMILES string of the molecule is O=C(O)C(F)(F)F.O=C(O[C@@H](Cc1c(Cl)cncc1Cl)c1ccc(OC(F)F)c(OCC2CC2)c1)c1cccc(NC(C(=O)O[C@H]2CN3CCC2CC3)c2ccccc2)c1. The van der Waals surface area contributed by atoms with Crippen molar-refractivity contribution < 1.29 is 60.4 Å². The Morgan fingerprint density at radius 1 is 0.883 bits per heavy atom. The van der Waals surface area contributed by atoms with E-state index in [0.29, 0.717) is 35.3 Å². The molecule has 4 aromatic rings. The van der Waals surface area contributed by atoms with E-state index in [1.54, 1.807) is 24.3 Å². The van der Waals surface area contributed by atoms with Crippen LogP contribution in [0.3, 0.4) is 0 Å². The zero-order chi connectivity index (χ0) is 43.0. The van der Waals surface area contributed by atoms with Crippen LogP contribution in [-0.4, -0.2) is 78.0 Å². The molecule has 1 unspecified atom stereocenters. The second-order valence-corrected chi connectivity index (χ2v) is 15.3. The molecule has 4 heterocycles. The number of carboxylic acids is 1. The van der Waals surface area contributed by atoms with Gasteiger partial charge in [-0.15, -0.1) is 0 Å². The number of nitrogens with one attached hydrogen (secondary N) is 1. The number of anilines is 1. The second kappa shape index (κ2) is 19.9. The highest BCUT2D eigenvalue weighted by Crippen LogP contribution is 2.39. The minimum Gasteiger partial charge on any atom is -0.489 e. The fourth-order valence-electron chi connectivity index (χ4n) is 6.85. The van der Waals surface area contributed by atoms with E-state index in [2.05, 4.69) is 15.2 Å². The summed E-state index contributed by atoms with van der Waals surface area (Å²) in [4.78, 5) is 42.9. The average molecular weight is 881 g/mol. The van der Waals surface area contributed by atoms with Gasteiger partial charge in [0, 0.05) is 31.0 Å². The van der Waals surface area contributed by atoms with Gasteiger partial charge in [-0.05, 0) is 97.6 Å². The molecule has 0 amide bonds. The molecule has 60 heavy (non-hydrogen) atoms. The van der Waals surface area contributed by atoms with E-state index in [1.807, 2.05) is 30.3 Å². The lowest BCUT2D eigenvalue weighted by atomic mass is 9.86. The molecular formula is C42H40Cl2F5N3O8. The predicted molar refractivity (Wildman–Crippen MR) is 209 cm³/mol. The molecule has 4 aliphatic rings. The van der Waals surface area contributed by atoms with Gasteiger partial charge < -0.3 is 29.4 Å². The maximum Gasteiger partial charge on any atom is 0.490 e. The molecule has 3 aliphatic heterocycles. The number of benzene rings is 3. The van der Waals surface area contributed by atoms with Crippen LogP contribution in [0.15, 0.2) is 85.2 Å². The zero-order valence-electron chi connectivity index (χ0n) is 31.8. The monoisotopic (exact) mass is 879 g/mol. The number of aromatic nitrogens is 1. The summed E-state index contributed by atoms with van der Waals surface area (Å²) in [5.74, 6) is -3.18. The molecule has 4 fully saturated rings. The van der Waals surface area contributed by atoms with Crippen molar-refractivity contribution in [3.63, 3.8) is 0 Å². The van der Waals surface area contributed by atoms with Crippen molar-refractivity contribution in [2.75, 3.05) is 31.6 Å². The summed E-state index contributed by atoms with van der Waals surface area (Å²) in [6, 6.07) is 19.5. The molecule has 320 valence electrons. The van der Waals surface area contributed by atoms with E-state index in [1.165, 1.54) is 30.6 Å². The first-order chi connectivity index (χ1) is 28.6. The molecule has 0 spiro atoms. The van der Waals surface area contributed by atoms with Crippen LogP contribution in [0.5, 0.6) is 11.5 Å². The Hall–Kier alpha value is -5.19. The summed E-state index contributed by atoms with van der Waals surface area (Å²) in [6.45, 7) is 0.0639. The van der Waals surface area contributed by atoms with E-state index in [-0.39, 0.29) is 39.6 Å². The van der Waals surface area contributed by atoms with Crippen LogP contribution in [0.2, 0.25) is 10.0 Å². The van der Waals surface area contributed by atoms with Crippen LogP contribution in [0, 0.1) is 11.8 Å². The van der Waals surface area contributed by atoms with Crippen LogP contribution in [0.4, 0.5) is 27.6 Å². The van der Waals surface area contributed by atoms with Gasteiger partial charge in [0.15, 0.2) is 17.5 Å². The van der Waals surface area contributed by atoms with Crippen LogP contribution in [-0.2, 0) is 25.5 Å². The third-order valence-electron chi connectivity index (χ3n) is 10.2. The van der Waals surface area contributed by atoms with Crippen molar-refractivity contribution in [2.45, 2.75) is 63.1 Å². The van der Waals surface area contributed by atoms with Crippen LogP contribution < -0.4 is 14.8 Å². The maximum absolute atomic E-state index is 13.9. The van der Waals surface area contributed by atoms with Crippen molar-refractivity contribution in [3.8, 4) is 11.5 Å². The van der Waals surface area contributed by atoms with Crippen molar-refractivity contribution in [1.82, 2.24) is 9.88 Å². The Balaban J connectivity index is 0.000000793. The van der Waals surface area contributed by atoms with Crippen molar-refractivity contribution >= 4 is 46.8 Å². The van der Waals surface area contributed by atoms with E-state index >= 15 is 0 Å². The largest absolute Gasteiger partial charge is 0.490 e. The third kappa shape index (κ3) is 12.2. The summed E-state index contributed by atoms with van der Waals surface area (Å²) in [6.07, 6.45) is 0.681. The highest BCUT2D eigenvalue weighted by Gasteiger charge is 2.39. The molecule has 11 nitrogen and oxygen atoms in total. The fraction of sp³-hybridized carbons (Fsp3) is 0.381. The first-order valence-corrected chi connectivity index (χ1v) is 19.7. The molecule has 3 aromatic carbocycles. The van der Waals surface area contributed by atoms with E-state index in [4.69, 9.17) is 52.1 Å². The molecule has 3 saturated heterocycles. The van der Waals surface area contributed by atoms with Gasteiger partial charge in [0.05, 0.1) is 22.2 Å². The quantitative estimate of drug-likeness (QED) is 0.0874. The first kappa shape index (κ1) is 44.4. The van der Waals surface area contributed by atoms with Crippen LogP contribution >= 0.6 is 23.2 Å². The highest BCUT2D eigenvalue weighted by molar-refractivity contribution is 6.35. The smallest absolute Gasteiger partial charge is 0.489 e. The molecule has 1 aromatic heterocycles. The van der Waals surface area contributed by atoms with E-state index < -0.39 is 42.8 Å². The van der Waals surface area contributed by atoms with Gasteiger partial charge in [0.25, 0.3) is 0 Å². The van der Waals surface area contributed by atoms with Gasteiger partial charge in [-0.25, -0.2) is 14.4 Å². The molecule has 8 rings (SSSR count). The number of carboxylic acid groups (broad SMARTS) is 1. The maximum atomic E-state index is 13.9. The van der Waals surface area contributed by atoms with Gasteiger partial charge in [0.1, 0.15) is 12.2 Å². The zero-order valence-corrected chi connectivity index (χ0v) is 33.3. The number of rotatable bonds is 15. The standard InChI is InChI=1S/C40H39Cl2F2N3O6.C2HF3O2/c41-31-20-45-21-32(42)30(31)19-34(27-11-12-33(53-40(43)44)35(18-27)50-23-24-9-10-24)51-38(48)28-7-4-8-29(17-28)46-37(26-5-2-1-3-6-26)39(49)52-36-22-47-15-13-25(36)14-16-47;3-2(4,5)1(6)7/h1-8,11-12,17-18,20-21,24-25,34,36-37,40,46H,9-10,13-16,19,22-23H2;(H,6,7)/t34-,36-,37?;/m0./s1. The summed E-state index contributed by atoms with van der Waals surface area (Å²) >= 11 is 13.0. The Morgan fingerprint density at radius 3 is 2.17 bits per heavy atom. The molecule has 3 atom stereocenters. The molecule has 2 N–H and O–H groups in total. The lowest BCUT2D eigenvalue weighted by Crippen LogP contribution is -2.52. The summed E-state index contributed by atoms with van der Waals surface area (Å²) in [7, 11) is 0. The number of esters is 2. The first-order valence-electron chi connectivity index (χ1n) is 19.0. The normalized spacial score (nSPS) is 19.3. The lowest BCUT2D eigenvalue weighted by molar-refractivity contribution is -0.192. The molecule has 2 bridgehead atoms. The Morgan fingerprint density at radius 2 is 1.57 bits per heavy atom. The number of pyridine rings is 1. The number of ether oxygens (including phenoxy) is 4. The van der Waals surface area contributed by atoms with Crippen LogP contribution in [0.1, 0.15) is 64.9 Å². The highest BCUT2D eigenvalue weighted by atomic mass is 35.5. The summed E-state index contributed by atoms with van der Waals surface area (Å²) in [5.41, 5.74) is 2.35. The topological polar surface area (TPSA) is 137 Å². The molecule has 1 saturated carbocycles. The molecule has 1 aliphatic carbocycles. The second-order valence-electron chi connectivity index (χ2n) is 14.5. The molecule has 0 radical (unpaired) electrons. The van der Waals surface area contributed by atoms with Gasteiger partial charge in [-0.1, -0.05) is 65.7 Å². The van der Waals surface area contributed by atoms with Crippen molar-refractivity contribution in [3.05, 3.63) is 117 Å². The molecular weight excluding hydrogens is 840 g/mol. The number of piperidine rings is 3. The number of hydrogen-bond acceptors (Lipinski definition) is 10. The predicted octanol–water partition coefficient (Wildman–Crippen LogP) is 9.34. The van der Waals surface area contributed by atoms with Gasteiger partial charge >= 0.3 is 30.7 Å². The van der Waals surface area contributed by atoms with Gasteiger partial charge in [-0.2, -0.15) is 22.0 Å².